The quantitative estimate of drug-likeness (QED) is 0.620. The first-order chi connectivity index (χ1) is 5.63. The molecule has 0 saturated carbocycles. The van der Waals surface area contributed by atoms with Crippen molar-refractivity contribution in [3.8, 4) is 0 Å². The fraction of sp³-hybridized carbons (Fsp3) is 0.625. The molecule has 0 aliphatic heterocycles. The van der Waals surface area contributed by atoms with Crippen LogP contribution in [-0.2, 0) is 12.4 Å². The number of rotatable bonds is 3. The molecule has 0 aliphatic rings. The zero-order chi connectivity index (χ0) is 9.14. The molecular weight excluding hydrogens is 286 g/mol. The highest BCUT2D eigenvalue weighted by molar-refractivity contribution is 14.1. The Morgan fingerprint density at radius 1 is 1.67 bits per heavy atom. The summed E-state index contributed by atoms with van der Waals surface area (Å²) in [6, 6.07) is 2.02. The molecule has 68 valence electrons. The number of hydrogen-bond donors (Lipinski definition) is 0. The van der Waals surface area contributed by atoms with Gasteiger partial charge in [-0.1, -0.05) is 13.8 Å². The molecule has 12 heavy (non-hydrogen) atoms. The summed E-state index contributed by atoms with van der Waals surface area (Å²) in [7, 11) is 0. The maximum atomic E-state index is 5.76. The zero-order valence-corrected chi connectivity index (χ0v) is 10.1. The van der Waals surface area contributed by atoms with Crippen LogP contribution < -0.4 is 0 Å². The lowest BCUT2D eigenvalue weighted by atomic mass is 10.2. The van der Waals surface area contributed by atoms with E-state index in [2.05, 4.69) is 41.5 Å². The normalized spacial score (nSPS) is 11.1. The predicted octanol–water partition coefficient (Wildman–Crippen LogP) is 2.88. The third kappa shape index (κ3) is 2.62. The largest absolute Gasteiger partial charge is 0.267 e. The smallest absolute Gasteiger partial charge is 0.123 e. The lowest BCUT2D eigenvalue weighted by Gasteiger charge is -2.07. The summed E-state index contributed by atoms with van der Waals surface area (Å²) in [5, 5.41) is 4.34. The molecule has 0 N–H and O–H groups in total. The fourth-order valence-corrected chi connectivity index (χ4v) is 1.87. The molecule has 2 nitrogen and oxygen atoms in total. The van der Waals surface area contributed by atoms with Crippen molar-refractivity contribution in [1.29, 1.82) is 0 Å². The van der Waals surface area contributed by atoms with Gasteiger partial charge in [0.1, 0.15) is 3.70 Å². The maximum Gasteiger partial charge on any atom is 0.123 e. The minimum Gasteiger partial charge on any atom is -0.267 e. The van der Waals surface area contributed by atoms with Gasteiger partial charge in [0, 0.05) is 6.54 Å². The van der Waals surface area contributed by atoms with Gasteiger partial charge in [-0.15, -0.1) is 11.6 Å². The number of hydrogen-bond acceptors (Lipinski definition) is 1. The molecule has 0 unspecified atom stereocenters. The Balaban J connectivity index is 2.81. The standard InChI is InChI=1S/C8H12ClIN2/c1-6(2)5-12-7(4-9)3-8(10)11-12/h3,6H,4-5H2,1-2H3. The molecule has 0 radical (unpaired) electrons. The highest BCUT2D eigenvalue weighted by Gasteiger charge is 2.05. The van der Waals surface area contributed by atoms with E-state index in [1.807, 2.05) is 10.7 Å². The van der Waals surface area contributed by atoms with Gasteiger partial charge in [0.2, 0.25) is 0 Å². The Bertz CT molecular complexity index is 258. The van der Waals surface area contributed by atoms with Crippen molar-refractivity contribution < 1.29 is 0 Å². The van der Waals surface area contributed by atoms with E-state index in [0.29, 0.717) is 11.8 Å². The van der Waals surface area contributed by atoms with Crippen molar-refractivity contribution in [2.75, 3.05) is 0 Å². The van der Waals surface area contributed by atoms with Crippen LogP contribution in [0.25, 0.3) is 0 Å². The summed E-state index contributed by atoms with van der Waals surface area (Å²) in [5.41, 5.74) is 1.11. The summed E-state index contributed by atoms with van der Waals surface area (Å²) in [5.74, 6) is 1.16. The zero-order valence-electron chi connectivity index (χ0n) is 7.22. The van der Waals surface area contributed by atoms with Gasteiger partial charge < -0.3 is 0 Å². The fourth-order valence-electron chi connectivity index (χ4n) is 1.03. The van der Waals surface area contributed by atoms with Crippen molar-refractivity contribution in [3.63, 3.8) is 0 Å². The molecule has 0 saturated heterocycles. The Morgan fingerprint density at radius 3 is 2.83 bits per heavy atom. The van der Waals surface area contributed by atoms with Crippen LogP contribution in [0.15, 0.2) is 6.07 Å². The lowest BCUT2D eigenvalue weighted by Crippen LogP contribution is -2.08. The number of nitrogens with zero attached hydrogens (tertiary/aromatic N) is 2. The van der Waals surface area contributed by atoms with Gasteiger partial charge in [-0.25, -0.2) is 0 Å². The van der Waals surface area contributed by atoms with Gasteiger partial charge in [-0.05, 0) is 34.6 Å². The molecule has 4 heteroatoms. The van der Waals surface area contributed by atoms with Gasteiger partial charge in [0.05, 0.1) is 11.6 Å². The summed E-state index contributed by atoms with van der Waals surface area (Å²) in [6.45, 7) is 5.30. The third-order valence-corrected chi connectivity index (χ3v) is 2.31. The summed E-state index contributed by atoms with van der Waals surface area (Å²) in [6.07, 6.45) is 0. The van der Waals surface area contributed by atoms with Crippen LogP contribution in [0, 0.1) is 9.62 Å². The van der Waals surface area contributed by atoms with E-state index in [1.165, 1.54) is 0 Å². The van der Waals surface area contributed by atoms with Crippen LogP contribution in [0.1, 0.15) is 19.5 Å². The lowest BCUT2D eigenvalue weighted by molar-refractivity contribution is 0.472. The summed E-state index contributed by atoms with van der Waals surface area (Å²) < 4.78 is 3.00. The minimum atomic E-state index is 0.544. The molecule has 1 heterocycles. The molecule has 0 atom stereocenters. The van der Waals surface area contributed by atoms with E-state index in [-0.39, 0.29) is 0 Å². The van der Waals surface area contributed by atoms with E-state index in [1.54, 1.807) is 0 Å². The van der Waals surface area contributed by atoms with Gasteiger partial charge in [0.15, 0.2) is 0 Å². The highest BCUT2D eigenvalue weighted by atomic mass is 127. The van der Waals surface area contributed by atoms with Crippen LogP contribution in [0.3, 0.4) is 0 Å². The van der Waals surface area contributed by atoms with Crippen molar-refractivity contribution >= 4 is 34.2 Å². The monoisotopic (exact) mass is 298 g/mol. The number of halogens is 2. The van der Waals surface area contributed by atoms with Gasteiger partial charge >= 0.3 is 0 Å². The Hall–Kier alpha value is 0.230. The second kappa shape index (κ2) is 4.46. The molecule has 0 fully saturated rings. The van der Waals surface area contributed by atoms with Crippen molar-refractivity contribution in [2.24, 2.45) is 5.92 Å². The summed E-state index contributed by atoms with van der Waals surface area (Å²) in [4.78, 5) is 0. The average Bonchev–Trinajstić information content (AvgIpc) is 2.29. The molecule has 1 aromatic rings. The van der Waals surface area contributed by atoms with Crippen molar-refractivity contribution in [1.82, 2.24) is 9.78 Å². The number of aromatic nitrogens is 2. The summed E-state index contributed by atoms with van der Waals surface area (Å²) >= 11 is 7.97. The molecule has 0 bridgehead atoms. The number of alkyl halides is 1. The first-order valence-corrected chi connectivity index (χ1v) is 5.53. The molecule has 0 aliphatic carbocycles. The Labute approximate surface area is 91.4 Å². The van der Waals surface area contributed by atoms with Gasteiger partial charge in [-0.3, -0.25) is 4.68 Å². The van der Waals surface area contributed by atoms with Crippen LogP contribution in [-0.4, -0.2) is 9.78 Å². The topological polar surface area (TPSA) is 17.8 Å². The second-order valence-corrected chi connectivity index (χ2v) is 4.54. The van der Waals surface area contributed by atoms with Crippen LogP contribution in [0.4, 0.5) is 0 Å². The predicted molar refractivity (Wildman–Crippen MR) is 59.3 cm³/mol. The Kier molecular flexibility index (Phi) is 3.83. The van der Waals surface area contributed by atoms with E-state index >= 15 is 0 Å². The van der Waals surface area contributed by atoms with E-state index < -0.39 is 0 Å². The minimum absolute atomic E-state index is 0.544. The van der Waals surface area contributed by atoms with Crippen LogP contribution in [0.2, 0.25) is 0 Å². The SMILES string of the molecule is CC(C)Cn1nc(I)cc1CCl. The average molecular weight is 299 g/mol. The van der Waals surface area contributed by atoms with Crippen LogP contribution in [0.5, 0.6) is 0 Å². The van der Waals surface area contributed by atoms with E-state index in [0.717, 1.165) is 15.9 Å². The molecular formula is C8H12ClIN2. The Morgan fingerprint density at radius 2 is 2.33 bits per heavy atom. The maximum absolute atomic E-state index is 5.76. The molecule has 0 spiro atoms. The molecule has 0 aromatic carbocycles. The second-order valence-electron chi connectivity index (χ2n) is 3.17. The van der Waals surface area contributed by atoms with Gasteiger partial charge in [0.25, 0.3) is 0 Å². The van der Waals surface area contributed by atoms with Gasteiger partial charge in [-0.2, -0.15) is 5.10 Å². The van der Waals surface area contributed by atoms with E-state index in [4.69, 9.17) is 11.6 Å². The third-order valence-electron chi connectivity index (χ3n) is 1.51. The molecule has 1 rings (SSSR count). The molecule has 1 aromatic heterocycles. The first kappa shape index (κ1) is 10.3. The van der Waals surface area contributed by atoms with E-state index in [9.17, 15) is 0 Å². The highest BCUT2D eigenvalue weighted by Crippen LogP contribution is 2.11. The van der Waals surface area contributed by atoms with Crippen LogP contribution >= 0.6 is 34.2 Å². The first-order valence-electron chi connectivity index (χ1n) is 3.91. The van der Waals surface area contributed by atoms with Crippen molar-refractivity contribution in [2.45, 2.75) is 26.3 Å². The van der Waals surface area contributed by atoms with Crippen molar-refractivity contribution in [3.05, 3.63) is 15.5 Å². The molecule has 0 amide bonds.